The van der Waals surface area contributed by atoms with Crippen molar-refractivity contribution in [3.05, 3.63) is 78.1 Å². The second-order valence-electron chi connectivity index (χ2n) is 6.48. The number of hydrogen-bond acceptors (Lipinski definition) is 5. The number of anilines is 3. The molecule has 6 nitrogen and oxygen atoms in total. The molecule has 0 radical (unpaired) electrons. The molecule has 0 fully saturated rings. The Labute approximate surface area is 159 Å². The molecule has 0 bridgehead atoms. The number of carbonyl (C=O) groups is 1. The average molecular weight is 361 g/mol. The molecule has 2 aromatic carbocycles. The first-order valence-corrected chi connectivity index (χ1v) is 8.70. The van der Waals surface area contributed by atoms with Crippen LogP contribution < -0.4 is 10.2 Å². The fraction of sp³-hybridized carbons (Fsp3) is 0.190. The Kier molecular flexibility index (Phi) is 5.66. The Balaban J connectivity index is 1.70. The van der Waals surface area contributed by atoms with Crippen LogP contribution in [0, 0.1) is 0 Å². The minimum Gasteiger partial charge on any atom is -0.378 e. The van der Waals surface area contributed by atoms with Crippen molar-refractivity contribution in [3.8, 4) is 0 Å². The monoisotopic (exact) mass is 361 g/mol. The standard InChI is InChI=1S/C21H23N5O/c1-25(2)18-11-9-17(10-12-18)23-21-22-14-13-19(24-21)20(27)26(3)15-16-7-5-4-6-8-16/h4-14H,15H2,1-3H3,(H,22,23,24). The molecule has 0 spiro atoms. The van der Waals surface area contributed by atoms with Crippen LogP contribution in [0.2, 0.25) is 0 Å². The molecule has 3 aromatic rings. The zero-order valence-corrected chi connectivity index (χ0v) is 15.8. The molecule has 0 aliphatic heterocycles. The molecule has 27 heavy (non-hydrogen) atoms. The van der Waals surface area contributed by atoms with Crippen LogP contribution in [-0.4, -0.2) is 41.9 Å². The Morgan fingerprint density at radius 1 is 0.963 bits per heavy atom. The van der Waals surface area contributed by atoms with Crippen molar-refractivity contribution in [2.45, 2.75) is 6.54 Å². The molecule has 1 heterocycles. The molecule has 3 rings (SSSR count). The third kappa shape index (κ3) is 4.82. The van der Waals surface area contributed by atoms with E-state index in [1.165, 1.54) is 0 Å². The highest BCUT2D eigenvalue weighted by Crippen LogP contribution is 2.18. The minimum absolute atomic E-state index is 0.146. The minimum atomic E-state index is -0.146. The molecule has 0 unspecified atom stereocenters. The number of amides is 1. The average Bonchev–Trinajstić information content (AvgIpc) is 2.69. The van der Waals surface area contributed by atoms with E-state index >= 15 is 0 Å². The van der Waals surface area contributed by atoms with Crippen molar-refractivity contribution >= 4 is 23.2 Å². The van der Waals surface area contributed by atoms with E-state index in [4.69, 9.17) is 0 Å². The third-order valence-electron chi connectivity index (χ3n) is 4.12. The van der Waals surface area contributed by atoms with Crippen molar-refractivity contribution in [2.24, 2.45) is 0 Å². The maximum absolute atomic E-state index is 12.7. The van der Waals surface area contributed by atoms with E-state index in [1.54, 1.807) is 24.2 Å². The summed E-state index contributed by atoms with van der Waals surface area (Å²) in [6, 6.07) is 19.4. The topological polar surface area (TPSA) is 61.4 Å². The van der Waals surface area contributed by atoms with Gasteiger partial charge < -0.3 is 15.1 Å². The van der Waals surface area contributed by atoms with Crippen molar-refractivity contribution < 1.29 is 4.79 Å². The van der Waals surface area contributed by atoms with Crippen LogP contribution in [0.1, 0.15) is 16.1 Å². The van der Waals surface area contributed by atoms with Gasteiger partial charge in [-0.15, -0.1) is 0 Å². The second kappa shape index (κ2) is 8.31. The van der Waals surface area contributed by atoms with E-state index < -0.39 is 0 Å². The summed E-state index contributed by atoms with van der Waals surface area (Å²) in [4.78, 5) is 24.9. The Hall–Kier alpha value is -3.41. The molecule has 0 saturated carbocycles. The molecular formula is C21H23N5O. The van der Waals surface area contributed by atoms with Gasteiger partial charge in [-0.25, -0.2) is 9.97 Å². The lowest BCUT2D eigenvalue weighted by Gasteiger charge is -2.17. The molecule has 1 amide bonds. The van der Waals surface area contributed by atoms with Crippen molar-refractivity contribution in [1.82, 2.24) is 14.9 Å². The summed E-state index contributed by atoms with van der Waals surface area (Å²) < 4.78 is 0. The molecule has 1 aromatic heterocycles. The van der Waals surface area contributed by atoms with Crippen LogP contribution >= 0.6 is 0 Å². The summed E-state index contributed by atoms with van der Waals surface area (Å²) in [6.07, 6.45) is 1.59. The maximum Gasteiger partial charge on any atom is 0.272 e. The first-order valence-electron chi connectivity index (χ1n) is 8.70. The van der Waals surface area contributed by atoms with E-state index in [-0.39, 0.29) is 5.91 Å². The fourth-order valence-electron chi connectivity index (χ4n) is 2.63. The van der Waals surface area contributed by atoms with Gasteiger partial charge in [-0.3, -0.25) is 4.79 Å². The van der Waals surface area contributed by atoms with Gasteiger partial charge in [0.2, 0.25) is 5.95 Å². The van der Waals surface area contributed by atoms with Gasteiger partial charge in [0.1, 0.15) is 5.69 Å². The smallest absolute Gasteiger partial charge is 0.272 e. The van der Waals surface area contributed by atoms with Gasteiger partial charge in [0.15, 0.2) is 0 Å². The third-order valence-corrected chi connectivity index (χ3v) is 4.12. The van der Waals surface area contributed by atoms with E-state index in [0.717, 1.165) is 16.9 Å². The highest BCUT2D eigenvalue weighted by molar-refractivity contribution is 5.92. The van der Waals surface area contributed by atoms with E-state index in [9.17, 15) is 4.79 Å². The maximum atomic E-state index is 12.7. The van der Waals surface area contributed by atoms with Gasteiger partial charge in [0, 0.05) is 45.3 Å². The number of benzene rings is 2. The van der Waals surface area contributed by atoms with E-state index in [0.29, 0.717) is 18.2 Å². The van der Waals surface area contributed by atoms with Gasteiger partial charge in [-0.05, 0) is 35.9 Å². The fourth-order valence-corrected chi connectivity index (χ4v) is 2.63. The molecule has 6 heteroatoms. The SMILES string of the molecule is CN(Cc1ccccc1)C(=O)c1ccnc(Nc2ccc(N(C)C)cc2)n1. The zero-order valence-electron chi connectivity index (χ0n) is 15.8. The lowest BCUT2D eigenvalue weighted by molar-refractivity contribution is 0.0779. The van der Waals surface area contributed by atoms with Crippen LogP contribution in [0.4, 0.5) is 17.3 Å². The van der Waals surface area contributed by atoms with Crippen LogP contribution in [0.25, 0.3) is 0 Å². The van der Waals surface area contributed by atoms with Crippen LogP contribution in [-0.2, 0) is 6.54 Å². The van der Waals surface area contributed by atoms with Gasteiger partial charge in [0.25, 0.3) is 5.91 Å². The quantitative estimate of drug-likeness (QED) is 0.727. The van der Waals surface area contributed by atoms with Gasteiger partial charge in [0.05, 0.1) is 0 Å². The lowest BCUT2D eigenvalue weighted by Crippen LogP contribution is -2.27. The van der Waals surface area contributed by atoms with Crippen molar-refractivity contribution in [2.75, 3.05) is 31.4 Å². The first-order chi connectivity index (χ1) is 13.0. The molecule has 0 aliphatic rings. The first kappa shape index (κ1) is 18.4. The number of nitrogens with zero attached hydrogens (tertiary/aromatic N) is 4. The Bertz CT molecular complexity index is 894. The van der Waals surface area contributed by atoms with Crippen LogP contribution in [0.3, 0.4) is 0 Å². The number of nitrogens with one attached hydrogen (secondary N) is 1. The number of rotatable bonds is 6. The summed E-state index contributed by atoms with van der Waals surface area (Å²) in [5.74, 6) is 0.249. The summed E-state index contributed by atoms with van der Waals surface area (Å²) in [6.45, 7) is 0.526. The summed E-state index contributed by atoms with van der Waals surface area (Å²) in [5.41, 5.74) is 3.40. The lowest BCUT2D eigenvalue weighted by atomic mass is 10.2. The highest BCUT2D eigenvalue weighted by Gasteiger charge is 2.14. The molecular weight excluding hydrogens is 338 g/mol. The van der Waals surface area contributed by atoms with Gasteiger partial charge >= 0.3 is 0 Å². The molecule has 1 N–H and O–H groups in total. The number of carbonyl (C=O) groups excluding carboxylic acids is 1. The molecule has 0 atom stereocenters. The zero-order chi connectivity index (χ0) is 19.2. The summed E-state index contributed by atoms with van der Waals surface area (Å²) in [5, 5.41) is 3.14. The molecule has 138 valence electrons. The van der Waals surface area contributed by atoms with Crippen molar-refractivity contribution in [3.63, 3.8) is 0 Å². The summed E-state index contributed by atoms with van der Waals surface area (Å²) in [7, 11) is 5.75. The predicted octanol–water partition coefficient (Wildman–Crippen LogP) is 3.56. The molecule has 0 aliphatic carbocycles. The van der Waals surface area contributed by atoms with Gasteiger partial charge in [-0.1, -0.05) is 30.3 Å². The Morgan fingerprint density at radius 2 is 1.67 bits per heavy atom. The van der Waals surface area contributed by atoms with Crippen molar-refractivity contribution in [1.29, 1.82) is 0 Å². The largest absolute Gasteiger partial charge is 0.378 e. The normalized spacial score (nSPS) is 10.3. The highest BCUT2D eigenvalue weighted by atomic mass is 16.2. The second-order valence-corrected chi connectivity index (χ2v) is 6.48. The van der Waals surface area contributed by atoms with Crippen LogP contribution in [0.5, 0.6) is 0 Å². The van der Waals surface area contributed by atoms with Gasteiger partial charge in [-0.2, -0.15) is 0 Å². The van der Waals surface area contributed by atoms with E-state index in [1.807, 2.05) is 73.6 Å². The number of hydrogen-bond donors (Lipinski definition) is 1. The van der Waals surface area contributed by atoms with E-state index in [2.05, 4.69) is 15.3 Å². The van der Waals surface area contributed by atoms with Crippen LogP contribution in [0.15, 0.2) is 66.9 Å². The molecule has 0 saturated heterocycles. The summed E-state index contributed by atoms with van der Waals surface area (Å²) >= 11 is 0. The Morgan fingerprint density at radius 3 is 2.33 bits per heavy atom. The number of aromatic nitrogens is 2. The predicted molar refractivity (Wildman–Crippen MR) is 108 cm³/mol.